The maximum Gasteiger partial charge on any atom is 0.275 e. The first-order valence-electron chi connectivity index (χ1n) is 10.1. The van der Waals surface area contributed by atoms with Gasteiger partial charge in [-0.15, -0.1) is 0 Å². The predicted molar refractivity (Wildman–Crippen MR) is 113 cm³/mol. The van der Waals surface area contributed by atoms with Crippen molar-refractivity contribution >= 4 is 17.5 Å². The minimum absolute atomic E-state index is 0.0343. The van der Waals surface area contributed by atoms with Gasteiger partial charge in [0.05, 0.1) is 19.3 Å². The first-order valence-corrected chi connectivity index (χ1v) is 10.1. The van der Waals surface area contributed by atoms with Gasteiger partial charge < -0.3 is 25.0 Å². The van der Waals surface area contributed by atoms with E-state index in [9.17, 15) is 8.78 Å². The number of ether oxygens (including phenoxy) is 2. The molecule has 164 valence electrons. The molecule has 0 spiro atoms. The number of hydrogen-bond donors (Lipinski definition) is 2. The molecule has 1 aromatic heterocycles. The molecule has 1 saturated heterocycles. The Balaban J connectivity index is 1.72. The number of nitrogens with one attached hydrogen (secondary N) is 2. The number of benzene rings is 1. The standard InChI is InChI=1S/C21H29F2N5O2/c1-21(22,23)16-14-25-20(24-2)27-19(16)26-15-7-8-17(29-3)18(13-15)30-12-6-11-28-9-4-5-10-28/h7-8,13-14H,4-6,9-12H2,1-3H3,(H2,24,25,26,27). The van der Waals surface area contributed by atoms with Gasteiger partial charge in [0, 0.05) is 38.5 Å². The second-order valence-corrected chi connectivity index (χ2v) is 7.34. The smallest absolute Gasteiger partial charge is 0.275 e. The fraction of sp³-hybridized carbons (Fsp3) is 0.524. The van der Waals surface area contributed by atoms with Gasteiger partial charge in [-0.05, 0) is 44.5 Å². The van der Waals surface area contributed by atoms with Crippen molar-refractivity contribution in [1.29, 1.82) is 0 Å². The number of nitrogens with zero attached hydrogens (tertiary/aromatic N) is 3. The number of halogens is 2. The highest BCUT2D eigenvalue weighted by Crippen LogP contribution is 2.36. The molecule has 2 aromatic rings. The van der Waals surface area contributed by atoms with Crippen LogP contribution in [-0.4, -0.2) is 55.3 Å². The summed E-state index contributed by atoms with van der Waals surface area (Å²) in [6, 6.07) is 5.20. The molecule has 0 radical (unpaired) electrons. The Hall–Kier alpha value is -2.68. The van der Waals surface area contributed by atoms with Gasteiger partial charge in [-0.2, -0.15) is 4.98 Å². The van der Waals surface area contributed by atoms with Crippen molar-refractivity contribution < 1.29 is 18.3 Å². The van der Waals surface area contributed by atoms with Crippen molar-refractivity contribution in [2.45, 2.75) is 32.1 Å². The van der Waals surface area contributed by atoms with Crippen LogP contribution in [0.3, 0.4) is 0 Å². The molecule has 0 atom stereocenters. The summed E-state index contributed by atoms with van der Waals surface area (Å²) in [5.41, 5.74) is 0.280. The van der Waals surface area contributed by atoms with Gasteiger partial charge in [0.25, 0.3) is 5.92 Å². The van der Waals surface area contributed by atoms with Gasteiger partial charge in [-0.3, -0.25) is 0 Å². The van der Waals surface area contributed by atoms with Crippen LogP contribution in [0.1, 0.15) is 31.7 Å². The zero-order chi connectivity index (χ0) is 21.6. The lowest BCUT2D eigenvalue weighted by Gasteiger charge is -2.18. The van der Waals surface area contributed by atoms with Crippen LogP contribution in [0, 0.1) is 0 Å². The van der Waals surface area contributed by atoms with E-state index in [2.05, 4.69) is 25.5 Å². The Morgan fingerprint density at radius 2 is 1.97 bits per heavy atom. The Bertz CT molecular complexity index is 839. The zero-order valence-electron chi connectivity index (χ0n) is 17.7. The molecule has 1 aliphatic rings. The molecule has 0 bridgehead atoms. The van der Waals surface area contributed by atoms with Crippen molar-refractivity contribution in [2.75, 3.05) is 51.0 Å². The first-order chi connectivity index (χ1) is 14.4. The molecule has 2 N–H and O–H groups in total. The van der Waals surface area contributed by atoms with E-state index in [4.69, 9.17) is 9.47 Å². The number of hydrogen-bond acceptors (Lipinski definition) is 7. The number of anilines is 3. The summed E-state index contributed by atoms with van der Waals surface area (Å²) < 4.78 is 39.3. The van der Waals surface area contributed by atoms with Crippen LogP contribution in [0.5, 0.6) is 11.5 Å². The van der Waals surface area contributed by atoms with E-state index in [1.807, 2.05) is 0 Å². The summed E-state index contributed by atoms with van der Waals surface area (Å²) in [7, 11) is 3.20. The molecule has 3 rings (SSSR count). The Morgan fingerprint density at radius 3 is 2.63 bits per heavy atom. The quantitative estimate of drug-likeness (QED) is 0.556. The van der Waals surface area contributed by atoms with Gasteiger partial charge in [-0.1, -0.05) is 0 Å². The van der Waals surface area contributed by atoms with Gasteiger partial charge in [-0.25, -0.2) is 13.8 Å². The molecule has 2 heterocycles. The highest BCUT2D eigenvalue weighted by atomic mass is 19.3. The van der Waals surface area contributed by atoms with E-state index in [1.165, 1.54) is 12.8 Å². The first kappa shape index (κ1) is 22.0. The minimum Gasteiger partial charge on any atom is -0.493 e. The van der Waals surface area contributed by atoms with Crippen molar-refractivity contribution in [3.05, 3.63) is 30.0 Å². The van der Waals surface area contributed by atoms with E-state index < -0.39 is 5.92 Å². The molecular formula is C21H29F2N5O2. The van der Waals surface area contributed by atoms with E-state index in [0.717, 1.165) is 39.2 Å². The SMILES string of the molecule is CNc1ncc(C(C)(F)F)c(Nc2ccc(OC)c(OCCCN3CCCC3)c2)n1. The van der Waals surface area contributed by atoms with Gasteiger partial charge in [0.15, 0.2) is 11.5 Å². The third-order valence-corrected chi connectivity index (χ3v) is 4.99. The van der Waals surface area contributed by atoms with E-state index >= 15 is 0 Å². The summed E-state index contributed by atoms with van der Waals surface area (Å²) in [6.45, 7) is 4.68. The van der Waals surface area contributed by atoms with Crippen LogP contribution in [0.4, 0.5) is 26.2 Å². The summed E-state index contributed by atoms with van der Waals surface area (Å²) in [5.74, 6) is -1.67. The Kier molecular flexibility index (Phi) is 7.25. The zero-order valence-corrected chi connectivity index (χ0v) is 17.7. The van der Waals surface area contributed by atoms with Crippen molar-refractivity contribution in [3.8, 4) is 11.5 Å². The maximum absolute atomic E-state index is 14.0. The fourth-order valence-electron chi connectivity index (χ4n) is 3.40. The lowest BCUT2D eigenvalue weighted by Crippen LogP contribution is -2.21. The summed E-state index contributed by atoms with van der Waals surface area (Å²) in [4.78, 5) is 10.5. The summed E-state index contributed by atoms with van der Waals surface area (Å²) in [5, 5.41) is 5.73. The molecule has 0 saturated carbocycles. The number of aromatic nitrogens is 2. The molecule has 9 heteroatoms. The highest BCUT2D eigenvalue weighted by Gasteiger charge is 2.29. The number of alkyl halides is 2. The normalized spacial score (nSPS) is 14.6. The molecule has 1 aromatic carbocycles. The number of rotatable bonds is 10. The average molecular weight is 421 g/mol. The number of likely N-dealkylation sites (tertiary alicyclic amines) is 1. The second-order valence-electron chi connectivity index (χ2n) is 7.34. The molecular weight excluding hydrogens is 392 g/mol. The van der Waals surface area contributed by atoms with E-state index in [0.29, 0.717) is 23.8 Å². The van der Waals surface area contributed by atoms with Crippen molar-refractivity contribution in [2.24, 2.45) is 0 Å². The maximum atomic E-state index is 14.0. The molecule has 30 heavy (non-hydrogen) atoms. The average Bonchev–Trinajstić information content (AvgIpc) is 3.24. The fourth-order valence-corrected chi connectivity index (χ4v) is 3.40. The van der Waals surface area contributed by atoms with Crippen molar-refractivity contribution in [3.63, 3.8) is 0 Å². The highest BCUT2D eigenvalue weighted by molar-refractivity contribution is 5.64. The summed E-state index contributed by atoms with van der Waals surface area (Å²) >= 11 is 0. The van der Waals surface area contributed by atoms with Crippen LogP contribution < -0.4 is 20.1 Å². The molecule has 0 unspecified atom stereocenters. The van der Waals surface area contributed by atoms with Gasteiger partial charge in [0.1, 0.15) is 5.82 Å². The van der Waals surface area contributed by atoms with Crippen LogP contribution in [0.2, 0.25) is 0 Å². The van der Waals surface area contributed by atoms with Crippen LogP contribution >= 0.6 is 0 Å². The number of methoxy groups -OCH3 is 1. The molecule has 1 fully saturated rings. The van der Waals surface area contributed by atoms with Crippen LogP contribution in [-0.2, 0) is 5.92 Å². The van der Waals surface area contributed by atoms with Crippen LogP contribution in [0.15, 0.2) is 24.4 Å². The van der Waals surface area contributed by atoms with E-state index in [-0.39, 0.29) is 17.3 Å². The Morgan fingerprint density at radius 1 is 1.20 bits per heavy atom. The monoisotopic (exact) mass is 421 g/mol. The molecule has 0 amide bonds. The third kappa shape index (κ3) is 5.69. The van der Waals surface area contributed by atoms with Crippen LogP contribution in [0.25, 0.3) is 0 Å². The molecule has 7 nitrogen and oxygen atoms in total. The largest absolute Gasteiger partial charge is 0.493 e. The minimum atomic E-state index is -3.09. The molecule has 0 aliphatic carbocycles. The topological polar surface area (TPSA) is 71.5 Å². The van der Waals surface area contributed by atoms with Gasteiger partial charge >= 0.3 is 0 Å². The van der Waals surface area contributed by atoms with Gasteiger partial charge in [0.2, 0.25) is 5.95 Å². The predicted octanol–water partition coefficient (Wildman–Crippen LogP) is 4.25. The lowest BCUT2D eigenvalue weighted by atomic mass is 10.2. The molecule has 1 aliphatic heterocycles. The second kappa shape index (κ2) is 9.88. The van der Waals surface area contributed by atoms with E-state index in [1.54, 1.807) is 32.4 Å². The third-order valence-electron chi connectivity index (χ3n) is 4.99. The van der Waals surface area contributed by atoms with Crippen molar-refractivity contribution in [1.82, 2.24) is 14.9 Å². The Labute approximate surface area is 175 Å². The summed E-state index contributed by atoms with van der Waals surface area (Å²) in [6.07, 6.45) is 4.56. The lowest BCUT2D eigenvalue weighted by molar-refractivity contribution is 0.0176.